The minimum absolute atomic E-state index is 0.0129. The van der Waals surface area contributed by atoms with Gasteiger partial charge in [-0.25, -0.2) is 4.98 Å². The van der Waals surface area contributed by atoms with Gasteiger partial charge in [0.25, 0.3) is 0 Å². The minimum Gasteiger partial charge on any atom is -0.339 e. The number of thiazole rings is 1. The lowest BCUT2D eigenvalue weighted by Gasteiger charge is -2.27. The molecule has 140 valence electrons. The van der Waals surface area contributed by atoms with E-state index in [2.05, 4.69) is 16.9 Å². The van der Waals surface area contributed by atoms with Gasteiger partial charge in [-0.15, -0.1) is 0 Å². The van der Waals surface area contributed by atoms with Gasteiger partial charge in [-0.2, -0.15) is 0 Å². The summed E-state index contributed by atoms with van der Waals surface area (Å²) in [5, 5.41) is 3.31. The zero-order valence-corrected chi connectivity index (χ0v) is 16.2. The van der Waals surface area contributed by atoms with Crippen molar-refractivity contribution >= 4 is 34.1 Å². The standard InChI is InChI=1S/C19H25N3O3S/c1-4-22(10-11(2)3)18(25)13-8-14-16(15(23)9-13)26-19(20-14)21-17(24)12-6-5-7-12/h12-13H,2,4-10H2,1,3H3,(H,20,21,24). The maximum atomic E-state index is 12.8. The SMILES string of the molecule is C=C(C)CN(CC)C(=O)C1CC(=O)c2sc(NC(=O)C3CCC3)nc2C1. The molecule has 2 aliphatic rings. The number of nitrogens with one attached hydrogen (secondary N) is 1. The van der Waals surface area contributed by atoms with Crippen molar-refractivity contribution in [3.05, 3.63) is 22.7 Å². The van der Waals surface area contributed by atoms with Crippen molar-refractivity contribution in [1.82, 2.24) is 9.88 Å². The van der Waals surface area contributed by atoms with Crippen LogP contribution in [0.1, 0.15) is 54.9 Å². The van der Waals surface area contributed by atoms with Gasteiger partial charge in [0, 0.05) is 31.8 Å². The Morgan fingerprint density at radius 3 is 2.62 bits per heavy atom. The van der Waals surface area contributed by atoms with E-state index in [0.29, 0.717) is 35.2 Å². The van der Waals surface area contributed by atoms with Crippen LogP contribution in [0.25, 0.3) is 0 Å². The molecule has 0 radical (unpaired) electrons. The number of amides is 2. The van der Waals surface area contributed by atoms with E-state index >= 15 is 0 Å². The fourth-order valence-electron chi connectivity index (χ4n) is 3.37. The Morgan fingerprint density at radius 1 is 1.31 bits per heavy atom. The van der Waals surface area contributed by atoms with Gasteiger partial charge < -0.3 is 10.2 Å². The Morgan fingerprint density at radius 2 is 2.04 bits per heavy atom. The summed E-state index contributed by atoms with van der Waals surface area (Å²) in [5.41, 5.74) is 1.55. The first kappa shape index (κ1) is 18.8. The van der Waals surface area contributed by atoms with E-state index in [1.165, 1.54) is 11.3 Å². The molecule has 1 unspecified atom stereocenters. The first-order chi connectivity index (χ1) is 12.4. The molecule has 7 heteroatoms. The van der Waals surface area contributed by atoms with Gasteiger partial charge in [-0.05, 0) is 26.7 Å². The summed E-state index contributed by atoms with van der Waals surface area (Å²) in [6.45, 7) is 8.77. The van der Waals surface area contributed by atoms with Gasteiger partial charge in [-0.3, -0.25) is 14.4 Å². The molecule has 6 nitrogen and oxygen atoms in total. The Balaban J connectivity index is 1.71. The van der Waals surface area contributed by atoms with Gasteiger partial charge in [0.2, 0.25) is 11.8 Å². The van der Waals surface area contributed by atoms with Gasteiger partial charge >= 0.3 is 0 Å². The lowest BCUT2D eigenvalue weighted by atomic mass is 9.85. The molecule has 0 spiro atoms. The van der Waals surface area contributed by atoms with Crippen LogP contribution in [-0.4, -0.2) is 40.6 Å². The number of carbonyl (C=O) groups excluding carboxylic acids is 3. The number of hydrogen-bond acceptors (Lipinski definition) is 5. The summed E-state index contributed by atoms with van der Waals surface area (Å²) < 4.78 is 0. The highest BCUT2D eigenvalue weighted by Crippen LogP contribution is 2.34. The number of carbonyl (C=O) groups is 3. The smallest absolute Gasteiger partial charge is 0.229 e. The van der Waals surface area contributed by atoms with E-state index in [9.17, 15) is 14.4 Å². The van der Waals surface area contributed by atoms with Crippen LogP contribution in [-0.2, 0) is 16.0 Å². The van der Waals surface area contributed by atoms with Crippen LogP contribution in [0.4, 0.5) is 5.13 Å². The lowest BCUT2D eigenvalue weighted by Crippen LogP contribution is -2.40. The zero-order valence-electron chi connectivity index (χ0n) is 15.3. The maximum absolute atomic E-state index is 12.8. The van der Waals surface area contributed by atoms with Crippen molar-refractivity contribution in [3.63, 3.8) is 0 Å². The average Bonchev–Trinajstić information content (AvgIpc) is 2.92. The van der Waals surface area contributed by atoms with Crippen LogP contribution < -0.4 is 5.32 Å². The molecule has 2 aliphatic carbocycles. The largest absolute Gasteiger partial charge is 0.339 e. The van der Waals surface area contributed by atoms with Crippen LogP contribution in [0.15, 0.2) is 12.2 Å². The average molecular weight is 375 g/mol. The number of hydrogen-bond donors (Lipinski definition) is 1. The van der Waals surface area contributed by atoms with E-state index < -0.39 is 0 Å². The van der Waals surface area contributed by atoms with Crippen molar-refractivity contribution in [1.29, 1.82) is 0 Å². The third-order valence-corrected chi connectivity index (χ3v) is 6.09. The molecule has 1 N–H and O–H groups in total. The third kappa shape index (κ3) is 3.87. The molecule has 1 atom stereocenters. The minimum atomic E-state index is -0.383. The molecule has 0 aliphatic heterocycles. The van der Waals surface area contributed by atoms with Crippen molar-refractivity contribution < 1.29 is 14.4 Å². The molecule has 1 aromatic heterocycles. The molecular formula is C19H25N3O3S. The van der Waals surface area contributed by atoms with E-state index in [4.69, 9.17) is 0 Å². The molecule has 1 aromatic rings. The van der Waals surface area contributed by atoms with E-state index in [1.54, 1.807) is 4.90 Å². The Labute approximate surface area is 157 Å². The fourth-order valence-corrected chi connectivity index (χ4v) is 4.31. The Hall–Kier alpha value is -2.02. The molecule has 26 heavy (non-hydrogen) atoms. The van der Waals surface area contributed by atoms with Gasteiger partial charge in [0.05, 0.1) is 16.5 Å². The second-order valence-corrected chi connectivity index (χ2v) is 8.25. The second-order valence-electron chi connectivity index (χ2n) is 7.25. The van der Waals surface area contributed by atoms with E-state index in [1.807, 2.05) is 13.8 Å². The number of nitrogens with zero attached hydrogens (tertiary/aromatic N) is 2. The highest BCUT2D eigenvalue weighted by Gasteiger charge is 2.35. The second kappa shape index (κ2) is 7.70. The summed E-state index contributed by atoms with van der Waals surface area (Å²) in [5.74, 6) is -0.408. The van der Waals surface area contributed by atoms with Crippen molar-refractivity contribution in [3.8, 4) is 0 Å². The van der Waals surface area contributed by atoms with Gasteiger partial charge in [0.1, 0.15) is 0 Å². The normalized spacial score (nSPS) is 19.5. The van der Waals surface area contributed by atoms with E-state index in [0.717, 1.165) is 24.8 Å². The van der Waals surface area contributed by atoms with E-state index in [-0.39, 0.29) is 35.9 Å². The summed E-state index contributed by atoms with van der Waals surface area (Å²) in [6.07, 6.45) is 3.58. The maximum Gasteiger partial charge on any atom is 0.229 e. The van der Waals surface area contributed by atoms with Crippen molar-refractivity contribution in [2.75, 3.05) is 18.4 Å². The first-order valence-electron chi connectivity index (χ1n) is 9.16. The fraction of sp³-hybridized carbons (Fsp3) is 0.579. The van der Waals surface area contributed by atoms with Crippen molar-refractivity contribution in [2.24, 2.45) is 11.8 Å². The summed E-state index contributed by atoms with van der Waals surface area (Å²) >= 11 is 1.23. The number of rotatable bonds is 6. The number of aromatic nitrogens is 1. The van der Waals surface area contributed by atoms with Gasteiger partial charge in [0.15, 0.2) is 10.9 Å². The molecule has 0 aromatic carbocycles. The molecule has 0 saturated heterocycles. The molecule has 1 saturated carbocycles. The van der Waals surface area contributed by atoms with Crippen LogP contribution >= 0.6 is 11.3 Å². The van der Waals surface area contributed by atoms with Crippen LogP contribution in [0.2, 0.25) is 0 Å². The summed E-state index contributed by atoms with van der Waals surface area (Å²) in [4.78, 5) is 44.1. The molecular weight excluding hydrogens is 350 g/mol. The summed E-state index contributed by atoms with van der Waals surface area (Å²) in [7, 11) is 0. The lowest BCUT2D eigenvalue weighted by molar-refractivity contribution is -0.135. The van der Waals surface area contributed by atoms with Crippen LogP contribution in [0.5, 0.6) is 0 Å². The highest BCUT2D eigenvalue weighted by molar-refractivity contribution is 7.17. The molecule has 2 amide bonds. The number of Topliss-reactive ketones (excluding diaryl/α,β-unsaturated/α-hetero) is 1. The quantitative estimate of drug-likeness (QED) is 0.775. The zero-order chi connectivity index (χ0) is 18.8. The predicted molar refractivity (Wildman–Crippen MR) is 101 cm³/mol. The van der Waals surface area contributed by atoms with Gasteiger partial charge in [-0.1, -0.05) is 29.9 Å². The van der Waals surface area contributed by atoms with Crippen LogP contribution in [0.3, 0.4) is 0 Å². The number of fused-ring (bicyclic) bond motifs is 1. The first-order valence-corrected chi connectivity index (χ1v) is 9.97. The summed E-state index contributed by atoms with van der Waals surface area (Å²) in [6, 6.07) is 0. The monoisotopic (exact) mass is 375 g/mol. The Kier molecular flexibility index (Phi) is 5.55. The molecule has 1 fully saturated rings. The third-order valence-electron chi connectivity index (χ3n) is 5.03. The predicted octanol–water partition coefficient (Wildman–Crippen LogP) is 3.05. The molecule has 0 bridgehead atoms. The molecule has 3 rings (SSSR count). The number of likely N-dealkylation sites (N-methyl/N-ethyl adjacent to an activating group) is 1. The van der Waals surface area contributed by atoms with Crippen molar-refractivity contribution in [2.45, 2.75) is 46.0 Å². The molecule has 1 heterocycles. The highest BCUT2D eigenvalue weighted by atomic mass is 32.1. The number of ketones is 1. The topological polar surface area (TPSA) is 79.4 Å². The Bertz CT molecular complexity index is 751. The van der Waals surface area contributed by atoms with Crippen LogP contribution in [0, 0.1) is 11.8 Å². The number of anilines is 1.